The maximum atomic E-state index is 4.88. The van der Waals surface area contributed by atoms with E-state index in [0.29, 0.717) is 0 Å². The smallest absolute Gasteiger partial charge is 0.577 e. The number of ether oxygens (including phenoxy) is 1. The average molecular weight is 163 g/mol. The van der Waals surface area contributed by atoms with Gasteiger partial charge >= 0.3 is 29.6 Å². The van der Waals surface area contributed by atoms with E-state index in [1.54, 1.807) is 13.2 Å². The number of hydrogen-bond donors (Lipinski definition) is 0. The first-order valence-electron chi connectivity index (χ1n) is 2.43. The van der Waals surface area contributed by atoms with Crippen molar-refractivity contribution in [3.8, 4) is 5.75 Å². The number of hydrogen-bond acceptors (Lipinski definition) is 1. The zero-order chi connectivity index (χ0) is 5.82. The molecule has 0 aliphatic carbocycles. The van der Waals surface area contributed by atoms with Gasteiger partial charge in [0, 0.05) is 0 Å². The number of methoxy groups -OCH3 is 1. The van der Waals surface area contributed by atoms with Crippen molar-refractivity contribution >= 4 is 9.90 Å². The van der Waals surface area contributed by atoms with E-state index >= 15 is 0 Å². The molecule has 0 saturated carbocycles. The van der Waals surface area contributed by atoms with Gasteiger partial charge < -0.3 is 14.6 Å². The zero-order valence-electron chi connectivity index (χ0n) is 6.29. The quantitative estimate of drug-likeness (QED) is 0.374. The molecule has 0 fully saturated rings. The summed E-state index contributed by atoms with van der Waals surface area (Å²) in [6, 6.07) is 10.3. The molecule has 0 heterocycles. The molecule has 0 aliphatic heterocycles. The normalized spacial score (nSPS) is 6.90. The third-order valence-electron chi connectivity index (χ3n) is 0.914. The van der Waals surface area contributed by atoms with E-state index in [1.165, 1.54) is 0 Å². The Morgan fingerprint density at radius 3 is 2.50 bits per heavy atom. The second kappa shape index (κ2) is 7.56. The predicted molar refractivity (Wildman–Crippen MR) is 41.5 cm³/mol. The van der Waals surface area contributed by atoms with Gasteiger partial charge in [0.1, 0.15) is 5.75 Å². The van der Waals surface area contributed by atoms with Crippen LogP contribution >= 0.6 is 9.90 Å². The van der Waals surface area contributed by atoms with Crippen molar-refractivity contribution in [3.05, 3.63) is 30.3 Å². The first kappa shape index (κ1) is 13.1. The van der Waals surface area contributed by atoms with E-state index in [1.807, 2.05) is 18.2 Å². The standard InChI is InChI=1S/C7H7O.Na.H2P/c1-8-7-5-3-2-4-6-7;;/h2-3,5-6H,1H3;;1H2/q;+1;-1. The van der Waals surface area contributed by atoms with Crippen LogP contribution in [0.2, 0.25) is 0 Å². The van der Waals surface area contributed by atoms with Gasteiger partial charge in [-0.25, -0.2) is 0 Å². The van der Waals surface area contributed by atoms with Crippen LogP contribution in [0.15, 0.2) is 24.3 Å². The van der Waals surface area contributed by atoms with Crippen molar-refractivity contribution in [1.82, 2.24) is 0 Å². The summed E-state index contributed by atoms with van der Waals surface area (Å²) < 4.78 is 4.88. The molecular formula is C7H9NaOP. The van der Waals surface area contributed by atoms with Gasteiger partial charge in [-0.2, -0.15) is 0 Å². The van der Waals surface area contributed by atoms with Crippen molar-refractivity contribution in [2.75, 3.05) is 7.11 Å². The molecule has 0 bridgehead atoms. The maximum Gasteiger partial charge on any atom is 1.00 e. The summed E-state index contributed by atoms with van der Waals surface area (Å²) in [6.07, 6.45) is 0. The number of rotatable bonds is 1. The molecule has 3 heteroatoms. The predicted octanol–water partition coefficient (Wildman–Crippen LogP) is -1.17. The first-order valence-corrected chi connectivity index (χ1v) is 2.43. The fourth-order valence-electron chi connectivity index (χ4n) is 0.504. The summed E-state index contributed by atoms with van der Waals surface area (Å²) in [5, 5.41) is 0. The van der Waals surface area contributed by atoms with Crippen LogP contribution in [-0.2, 0) is 0 Å². The van der Waals surface area contributed by atoms with Gasteiger partial charge in [0.05, 0.1) is 7.11 Å². The molecule has 0 spiro atoms. The van der Waals surface area contributed by atoms with Crippen LogP contribution in [0.25, 0.3) is 0 Å². The van der Waals surface area contributed by atoms with E-state index < -0.39 is 0 Å². The van der Waals surface area contributed by atoms with Crippen molar-refractivity contribution in [2.45, 2.75) is 0 Å². The Labute approximate surface area is 87.1 Å². The summed E-state index contributed by atoms with van der Waals surface area (Å²) >= 11 is 0. The third-order valence-corrected chi connectivity index (χ3v) is 0.914. The maximum absolute atomic E-state index is 4.88. The van der Waals surface area contributed by atoms with Crippen LogP contribution in [0.5, 0.6) is 5.75 Å². The summed E-state index contributed by atoms with van der Waals surface area (Å²) in [5.41, 5.74) is 0. The molecule has 1 radical (unpaired) electrons. The molecule has 10 heavy (non-hydrogen) atoms. The van der Waals surface area contributed by atoms with Crippen molar-refractivity contribution < 1.29 is 34.3 Å². The van der Waals surface area contributed by atoms with Gasteiger partial charge in [-0.05, 0) is 18.2 Å². The van der Waals surface area contributed by atoms with Gasteiger partial charge in [-0.3, -0.25) is 0 Å². The molecule has 1 nitrogen and oxygen atoms in total. The molecule has 0 saturated heterocycles. The summed E-state index contributed by atoms with van der Waals surface area (Å²) in [5.74, 6) is 0.854. The molecule has 1 aromatic carbocycles. The van der Waals surface area contributed by atoms with Crippen LogP contribution in [0, 0.1) is 6.07 Å². The summed E-state index contributed by atoms with van der Waals surface area (Å²) in [7, 11) is 1.64. The summed E-state index contributed by atoms with van der Waals surface area (Å²) in [6.45, 7) is 0. The summed E-state index contributed by atoms with van der Waals surface area (Å²) in [4.78, 5) is 0. The van der Waals surface area contributed by atoms with Gasteiger partial charge in [0.15, 0.2) is 0 Å². The van der Waals surface area contributed by atoms with Crippen LogP contribution < -0.4 is 34.3 Å². The van der Waals surface area contributed by atoms with E-state index in [9.17, 15) is 0 Å². The average Bonchev–Trinajstić information content (AvgIpc) is 1.90. The Balaban J connectivity index is 0. The minimum absolute atomic E-state index is 0. The van der Waals surface area contributed by atoms with Crippen molar-refractivity contribution in [2.24, 2.45) is 0 Å². The molecule has 1 aromatic rings. The van der Waals surface area contributed by atoms with E-state index in [2.05, 4.69) is 6.07 Å². The first-order chi connectivity index (χ1) is 3.93. The van der Waals surface area contributed by atoms with Gasteiger partial charge in [0.25, 0.3) is 0 Å². The van der Waals surface area contributed by atoms with Crippen molar-refractivity contribution in [3.63, 3.8) is 0 Å². The molecule has 49 valence electrons. The van der Waals surface area contributed by atoms with Gasteiger partial charge in [-0.1, -0.05) is 12.1 Å². The van der Waals surface area contributed by atoms with E-state index in [4.69, 9.17) is 4.74 Å². The largest absolute Gasteiger partial charge is 1.00 e. The monoisotopic (exact) mass is 163 g/mol. The van der Waals surface area contributed by atoms with E-state index in [-0.39, 0.29) is 39.5 Å². The van der Waals surface area contributed by atoms with Crippen molar-refractivity contribution in [1.29, 1.82) is 0 Å². The molecule has 0 unspecified atom stereocenters. The Morgan fingerprint density at radius 1 is 1.50 bits per heavy atom. The molecule has 0 aliphatic rings. The molecule has 0 amide bonds. The molecule has 0 aromatic heterocycles. The van der Waals surface area contributed by atoms with E-state index in [0.717, 1.165) is 5.75 Å². The minimum atomic E-state index is 0. The van der Waals surface area contributed by atoms with Crippen LogP contribution in [0.4, 0.5) is 0 Å². The van der Waals surface area contributed by atoms with Crippen LogP contribution in [0.3, 0.4) is 0 Å². The Morgan fingerprint density at radius 2 is 2.20 bits per heavy atom. The Kier molecular flexibility index (Phi) is 9.88. The zero-order valence-corrected chi connectivity index (χ0v) is 9.45. The topological polar surface area (TPSA) is 9.23 Å². The molecule has 0 N–H and O–H groups in total. The molecular weight excluding hydrogens is 154 g/mol. The molecule has 0 atom stereocenters. The van der Waals surface area contributed by atoms with Gasteiger partial charge in [0.2, 0.25) is 0 Å². The second-order valence-corrected chi connectivity index (χ2v) is 1.44. The second-order valence-electron chi connectivity index (χ2n) is 1.44. The fraction of sp³-hybridized carbons (Fsp3) is 0.143. The van der Waals surface area contributed by atoms with Gasteiger partial charge in [-0.15, -0.1) is 0 Å². The fourth-order valence-corrected chi connectivity index (χ4v) is 0.504. The Hall–Kier alpha value is 0.450. The van der Waals surface area contributed by atoms with Crippen LogP contribution in [0.1, 0.15) is 0 Å². The minimum Gasteiger partial charge on any atom is -0.577 e. The third kappa shape index (κ3) is 4.29. The number of benzene rings is 1. The molecule has 1 rings (SSSR count). The Bertz CT molecular complexity index is 155. The SMILES string of the molecule is COc1c[c]ccc1.[Na+].[PH2-]. The van der Waals surface area contributed by atoms with Crippen LogP contribution in [-0.4, -0.2) is 7.11 Å².